The number of carbonyl (C=O) groups is 1. The first-order valence-electron chi connectivity index (χ1n) is 12.9. The summed E-state index contributed by atoms with van der Waals surface area (Å²) in [7, 11) is 3.77. The number of thioether (sulfide) groups is 1. The number of amidine groups is 1. The molecular weight excluding hydrogens is 535 g/mol. The summed E-state index contributed by atoms with van der Waals surface area (Å²) in [6, 6.07) is 10.4. The molecule has 0 N–H and O–H groups in total. The third kappa shape index (κ3) is 5.81. The quantitative estimate of drug-likeness (QED) is 0.149. The number of anilines is 2. The first kappa shape index (κ1) is 29.0. The van der Waals surface area contributed by atoms with Crippen LogP contribution in [0.4, 0.5) is 15.9 Å². The van der Waals surface area contributed by atoms with E-state index >= 15 is 4.39 Å². The van der Waals surface area contributed by atoms with Crippen LogP contribution in [0.3, 0.4) is 0 Å². The van der Waals surface area contributed by atoms with E-state index in [1.54, 1.807) is 37.5 Å². The number of rotatable bonds is 7. The molecule has 0 aliphatic carbocycles. The van der Waals surface area contributed by atoms with Gasteiger partial charge < -0.3 is 9.80 Å². The minimum Gasteiger partial charge on any atom is -0.351 e. The molecule has 0 bridgehead atoms. The normalized spacial score (nSPS) is 16.6. The Labute approximate surface area is 239 Å². The average Bonchev–Trinajstić information content (AvgIpc) is 2.92. The molecule has 1 atom stereocenters. The smallest absolute Gasteiger partial charge is 0.220 e. The van der Waals surface area contributed by atoms with Crippen LogP contribution in [-0.2, 0) is 4.79 Å². The Kier molecular flexibility index (Phi) is 9.25. The molecule has 0 radical (unpaired) electrons. The van der Waals surface area contributed by atoms with Gasteiger partial charge in [0.15, 0.2) is 5.82 Å². The fourth-order valence-corrected chi connectivity index (χ4v) is 5.84. The van der Waals surface area contributed by atoms with Crippen molar-refractivity contribution in [3.8, 4) is 11.3 Å². The second-order valence-corrected chi connectivity index (χ2v) is 11.1. The molecule has 0 saturated carbocycles. The SMILES string of the molecule is C/N=C(\c1cc(F)c(-c2ccccc2Cl)nc1N(C=O)c1c(C(C)C)ccnc1SC)N1CCN(C)CC1C. The maximum Gasteiger partial charge on any atom is 0.220 e. The average molecular weight is 569 g/mol. The molecule has 1 fully saturated rings. The van der Waals surface area contributed by atoms with Gasteiger partial charge in [0.25, 0.3) is 0 Å². The number of pyridine rings is 2. The largest absolute Gasteiger partial charge is 0.351 e. The van der Waals surface area contributed by atoms with E-state index in [2.05, 4.69) is 47.6 Å². The van der Waals surface area contributed by atoms with Crippen molar-refractivity contribution in [1.29, 1.82) is 0 Å². The second kappa shape index (κ2) is 12.4. The van der Waals surface area contributed by atoms with Crippen molar-refractivity contribution in [3.05, 3.63) is 64.6 Å². The zero-order valence-electron chi connectivity index (χ0n) is 23.2. The summed E-state index contributed by atoms with van der Waals surface area (Å²) in [6.07, 6.45) is 4.38. The van der Waals surface area contributed by atoms with Crippen LogP contribution >= 0.6 is 23.4 Å². The van der Waals surface area contributed by atoms with Crippen molar-refractivity contribution in [2.75, 3.05) is 44.9 Å². The molecule has 39 heavy (non-hydrogen) atoms. The monoisotopic (exact) mass is 568 g/mol. The van der Waals surface area contributed by atoms with Crippen molar-refractivity contribution in [3.63, 3.8) is 0 Å². The number of amides is 1. The van der Waals surface area contributed by atoms with E-state index < -0.39 is 5.82 Å². The Morgan fingerprint density at radius 1 is 1.28 bits per heavy atom. The Morgan fingerprint density at radius 3 is 2.64 bits per heavy atom. The molecule has 3 heterocycles. The number of piperazine rings is 1. The topological polar surface area (TPSA) is 64.9 Å². The molecule has 10 heteroatoms. The van der Waals surface area contributed by atoms with Gasteiger partial charge in [0.05, 0.1) is 16.3 Å². The molecule has 1 aromatic carbocycles. The third-order valence-corrected chi connectivity index (χ3v) is 7.97. The number of hydrogen-bond acceptors (Lipinski definition) is 6. The number of aromatic nitrogens is 2. The van der Waals surface area contributed by atoms with Gasteiger partial charge in [-0.1, -0.05) is 43.6 Å². The summed E-state index contributed by atoms with van der Waals surface area (Å²) in [5.74, 6) is 0.407. The number of halogens is 2. The van der Waals surface area contributed by atoms with Gasteiger partial charge in [0.2, 0.25) is 6.41 Å². The summed E-state index contributed by atoms with van der Waals surface area (Å²) in [4.78, 5) is 32.8. The lowest BCUT2D eigenvalue weighted by Gasteiger charge is -2.40. The van der Waals surface area contributed by atoms with Crippen LogP contribution in [0.15, 0.2) is 52.6 Å². The zero-order chi connectivity index (χ0) is 28.3. The van der Waals surface area contributed by atoms with Gasteiger partial charge in [-0.2, -0.15) is 0 Å². The predicted molar refractivity (Wildman–Crippen MR) is 159 cm³/mol. The van der Waals surface area contributed by atoms with E-state index in [1.165, 1.54) is 22.7 Å². The summed E-state index contributed by atoms with van der Waals surface area (Å²) in [6.45, 7) is 8.61. The minimum absolute atomic E-state index is 0.0637. The van der Waals surface area contributed by atoms with Gasteiger partial charge in [-0.05, 0) is 49.9 Å². The van der Waals surface area contributed by atoms with Gasteiger partial charge in [0.1, 0.15) is 22.4 Å². The van der Waals surface area contributed by atoms with Crippen LogP contribution in [0.5, 0.6) is 0 Å². The van der Waals surface area contributed by atoms with Crippen LogP contribution in [0, 0.1) is 5.82 Å². The highest BCUT2D eigenvalue weighted by atomic mass is 35.5. The Hall–Kier alpha value is -3.01. The highest BCUT2D eigenvalue weighted by Gasteiger charge is 2.31. The highest BCUT2D eigenvalue weighted by Crippen LogP contribution is 2.40. The Balaban J connectivity index is 2.02. The Morgan fingerprint density at radius 2 is 2.03 bits per heavy atom. The van der Waals surface area contributed by atoms with E-state index in [9.17, 15) is 4.79 Å². The van der Waals surface area contributed by atoms with Crippen molar-refractivity contribution in [1.82, 2.24) is 19.8 Å². The molecule has 4 rings (SSSR count). The maximum absolute atomic E-state index is 15.9. The van der Waals surface area contributed by atoms with E-state index in [-0.39, 0.29) is 23.5 Å². The van der Waals surface area contributed by atoms with Gasteiger partial charge in [-0.25, -0.2) is 14.4 Å². The first-order valence-corrected chi connectivity index (χ1v) is 14.5. The molecular formula is C29H34ClFN6OS. The number of hydrogen-bond donors (Lipinski definition) is 0. The first-order chi connectivity index (χ1) is 18.7. The molecule has 3 aromatic rings. The van der Waals surface area contributed by atoms with Crippen molar-refractivity contribution >= 4 is 47.1 Å². The van der Waals surface area contributed by atoms with Gasteiger partial charge in [-0.15, -0.1) is 11.8 Å². The van der Waals surface area contributed by atoms with E-state index in [1.807, 2.05) is 12.3 Å². The van der Waals surface area contributed by atoms with Crippen LogP contribution in [0.1, 0.15) is 37.8 Å². The number of likely N-dealkylation sites (N-methyl/N-ethyl adjacent to an activating group) is 1. The van der Waals surface area contributed by atoms with Crippen LogP contribution in [-0.4, -0.2) is 78.0 Å². The van der Waals surface area contributed by atoms with Crippen LogP contribution in [0.25, 0.3) is 11.3 Å². The molecule has 2 aromatic heterocycles. The number of carbonyl (C=O) groups excluding carboxylic acids is 1. The van der Waals surface area contributed by atoms with E-state index in [0.29, 0.717) is 39.2 Å². The predicted octanol–water partition coefficient (Wildman–Crippen LogP) is 6.09. The molecule has 0 spiro atoms. The highest BCUT2D eigenvalue weighted by molar-refractivity contribution is 7.98. The Bertz CT molecular complexity index is 1380. The maximum atomic E-state index is 15.9. The lowest BCUT2D eigenvalue weighted by Crippen LogP contribution is -2.53. The number of benzene rings is 1. The van der Waals surface area contributed by atoms with Crippen LogP contribution in [0.2, 0.25) is 5.02 Å². The fourth-order valence-electron chi connectivity index (χ4n) is 5.04. The molecule has 206 valence electrons. The van der Waals surface area contributed by atoms with E-state index in [4.69, 9.17) is 16.6 Å². The summed E-state index contributed by atoms with van der Waals surface area (Å²) in [5.41, 5.74) is 2.50. The summed E-state index contributed by atoms with van der Waals surface area (Å²) >= 11 is 7.91. The molecule has 7 nitrogen and oxygen atoms in total. The van der Waals surface area contributed by atoms with Gasteiger partial charge >= 0.3 is 0 Å². The van der Waals surface area contributed by atoms with Crippen LogP contribution < -0.4 is 4.90 Å². The lowest BCUT2D eigenvalue weighted by atomic mass is 10.0. The van der Waals surface area contributed by atoms with Crippen molar-refractivity contribution in [2.45, 2.75) is 37.8 Å². The number of nitrogens with zero attached hydrogens (tertiary/aromatic N) is 6. The minimum atomic E-state index is -0.545. The lowest BCUT2D eigenvalue weighted by molar-refractivity contribution is -0.106. The van der Waals surface area contributed by atoms with Crippen molar-refractivity contribution < 1.29 is 9.18 Å². The molecule has 1 aliphatic rings. The molecule has 1 saturated heterocycles. The van der Waals surface area contributed by atoms with Gasteiger partial charge in [0, 0.05) is 44.5 Å². The number of aliphatic imine (C=N–C) groups is 1. The standard InChI is InChI=1S/C29H34ClFN6OS/c1-18(2)20-11-12-33-29(39-6)26(20)37(17-38)28-22(27(32-4)36-14-13-35(5)16-19(36)3)15-24(31)25(34-28)21-9-7-8-10-23(21)30/h7-12,15,17-19H,13-14,16H2,1-6H3/b32-27+. The van der Waals surface area contributed by atoms with Crippen molar-refractivity contribution in [2.24, 2.45) is 4.99 Å². The summed E-state index contributed by atoms with van der Waals surface area (Å²) < 4.78 is 15.9. The zero-order valence-corrected chi connectivity index (χ0v) is 24.7. The molecule has 1 unspecified atom stereocenters. The molecule has 1 aliphatic heterocycles. The third-order valence-electron chi connectivity index (χ3n) is 6.95. The summed E-state index contributed by atoms with van der Waals surface area (Å²) in [5, 5.41) is 1.04. The second-order valence-electron chi connectivity index (χ2n) is 9.91. The molecule has 1 amide bonds. The fraction of sp³-hybridized carbons (Fsp3) is 0.379. The van der Waals surface area contributed by atoms with E-state index in [0.717, 1.165) is 25.1 Å². The van der Waals surface area contributed by atoms with Gasteiger partial charge in [-0.3, -0.25) is 14.7 Å².